The Balaban J connectivity index is 2.23. The van der Waals surface area contributed by atoms with Gasteiger partial charge in [0.25, 0.3) is 10.0 Å². The molecule has 0 radical (unpaired) electrons. The van der Waals surface area contributed by atoms with Crippen LogP contribution in [0.4, 0.5) is 11.5 Å². The number of carboxylic acid groups (broad SMARTS) is 1. The second-order valence-corrected chi connectivity index (χ2v) is 7.29. The van der Waals surface area contributed by atoms with Crippen molar-refractivity contribution in [3.63, 3.8) is 0 Å². The molecule has 0 aliphatic heterocycles. The molecular weight excluding hydrogens is 342 g/mol. The Morgan fingerprint density at radius 1 is 1.16 bits per heavy atom. The van der Waals surface area contributed by atoms with Crippen molar-refractivity contribution in [1.82, 2.24) is 4.98 Å². The van der Waals surface area contributed by atoms with Crippen molar-refractivity contribution in [3.05, 3.63) is 48.7 Å². The highest BCUT2D eigenvalue weighted by molar-refractivity contribution is 7.92. The Kier molecular flexibility index (Phi) is 5.97. The number of benzene rings is 1. The number of aliphatic carboxylic acids is 1. The van der Waals surface area contributed by atoms with Crippen molar-refractivity contribution in [3.8, 4) is 0 Å². The van der Waals surface area contributed by atoms with Crippen LogP contribution in [-0.2, 0) is 14.8 Å². The maximum Gasteiger partial charge on any atom is 0.305 e. The number of carbonyl (C=O) groups is 1. The first-order valence-electron chi connectivity index (χ1n) is 7.83. The van der Waals surface area contributed by atoms with Crippen molar-refractivity contribution >= 4 is 27.5 Å². The smallest absolute Gasteiger partial charge is 0.305 e. The second-order valence-electron chi connectivity index (χ2n) is 5.42. The predicted molar refractivity (Wildman–Crippen MR) is 96.4 cm³/mol. The van der Waals surface area contributed by atoms with E-state index in [0.29, 0.717) is 24.6 Å². The molecule has 2 rings (SSSR count). The quantitative estimate of drug-likeness (QED) is 0.773. The van der Waals surface area contributed by atoms with Gasteiger partial charge in [-0.25, -0.2) is 13.4 Å². The minimum Gasteiger partial charge on any atom is -0.481 e. The molecule has 134 valence electrons. The molecule has 0 atom stereocenters. The summed E-state index contributed by atoms with van der Waals surface area (Å²) in [6, 6.07) is 11.9. The summed E-state index contributed by atoms with van der Waals surface area (Å²) in [5.41, 5.74) is 0.590. The van der Waals surface area contributed by atoms with E-state index >= 15 is 0 Å². The first-order chi connectivity index (χ1) is 11.9. The molecule has 0 saturated carbocycles. The number of aromatic nitrogens is 1. The number of rotatable bonds is 8. The highest BCUT2D eigenvalue weighted by Crippen LogP contribution is 2.23. The molecule has 0 bridgehead atoms. The topological polar surface area (TPSA) is 90.8 Å². The fraction of sp³-hybridized carbons (Fsp3) is 0.294. The summed E-state index contributed by atoms with van der Waals surface area (Å²) in [6.45, 7) is 2.36. The van der Waals surface area contributed by atoms with Gasteiger partial charge in [0.1, 0.15) is 10.7 Å². The van der Waals surface area contributed by atoms with Crippen molar-refractivity contribution in [1.29, 1.82) is 0 Å². The van der Waals surface area contributed by atoms with Gasteiger partial charge in [-0.3, -0.25) is 9.10 Å². The first kappa shape index (κ1) is 18.7. The van der Waals surface area contributed by atoms with Crippen LogP contribution in [0.25, 0.3) is 0 Å². The summed E-state index contributed by atoms with van der Waals surface area (Å²) < 4.78 is 27.0. The third-order valence-electron chi connectivity index (χ3n) is 3.69. The third-order valence-corrected chi connectivity index (χ3v) is 5.58. The molecule has 1 aromatic carbocycles. The summed E-state index contributed by atoms with van der Waals surface area (Å²) in [4.78, 5) is 16.5. The molecule has 0 aliphatic carbocycles. The van der Waals surface area contributed by atoms with Crippen LogP contribution in [0.15, 0.2) is 53.6 Å². The molecule has 25 heavy (non-hydrogen) atoms. The lowest BCUT2D eigenvalue weighted by Crippen LogP contribution is -2.31. The van der Waals surface area contributed by atoms with Gasteiger partial charge >= 0.3 is 5.97 Å². The minimum atomic E-state index is -3.71. The van der Waals surface area contributed by atoms with E-state index in [-0.39, 0.29) is 11.3 Å². The van der Waals surface area contributed by atoms with E-state index in [4.69, 9.17) is 5.11 Å². The molecule has 1 aromatic heterocycles. The van der Waals surface area contributed by atoms with Gasteiger partial charge in [0.15, 0.2) is 0 Å². The average molecular weight is 363 g/mol. The lowest BCUT2D eigenvalue weighted by molar-refractivity contribution is -0.136. The van der Waals surface area contributed by atoms with Crippen molar-refractivity contribution < 1.29 is 18.3 Å². The Morgan fingerprint density at radius 2 is 1.84 bits per heavy atom. The van der Waals surface area contributed by atoms with Crippen LogP contribution in [0.2, 0.25) is 0 Å². The van der Waals surface area contributed by atoms with Crippen LogP contribution in [0.5, 0.6) is 0 Å². The van der Waals surface area contributed by atoms with Gasteiger partial charge < -0.3 is 10.0 Å². The summed E-state index contributed by atoms with van der Waals surface area (Å²) in [5.74, 6) is -0.379. The zero-order chi connectivity index (χ0) is 18.4. The third kappa shape index (κ3) is 4.48. The molecule has 1 N–H and O–H groups in total. The van der Waals surface area contributed by atoms with Crippen LogP contribution >= 0.6 is 0 Å². The van der Waals surface area contributed by atoms with Crippen LogP contribution < -0.4 is 9.21 Å². The number of para-hydroxylation sites is 1. The Morgan fingerprint density at radius 3 is 2.36 bits per heavy atom. The van der Waals surface area contributed by atoms with Crippen molar-refractivity contribution in [2.45, 2.75) is 18.2 Å². The number of anilines is 2. The maximum atomic E-state index is 12.9. The Labute approximate surface area is 147 Å². The summed E-state index contributed by atoms with van der Waals surface area (Å²) >= 11 is 0. The number of carboxylic acids is 1. The summed E-state index contributed by atoms with van der Waals surface area (Å²) in [6.07, 6.45) is 1.28. The average Bonchev–Trinajstić information content (AvgIpc) is 2.61. The molecule has 0 spiro atoms. The van der Waals surface area contributed by atoms with Gasteiger partial charge in [-0.2, -0.15) is 0 Å². The lowest BCUT2D eigenvalue weighted by atomic mass is 10.3. The van der Waals surface area contributed by atoms with Gasteiger partial charge in [-0.05, 0) is 31.2 Å². The molecular formula is C17H21N3O4S. The van der Waals surface area contributed by atoms with Crippen LogP contribution in [0.1, 0.15) is 13.3 Å². The molecule has 1 heterocycles. The van der Waals surface area contributed by atoms with E-state index in [1.807, 2.05) is 6.07 Å². The molecule has 7 nitrogen and oxygen atoms in total. The number of pyridine rings is 1. The van der Waals surface area contributed by atoms with Crippen molar-refractivity contribution in [2.24, 2.45) is 0 Å². The van der Waals surface area contributed by atoms with E-state index in [2.05, 4.69) is 4.98 Å². The first-order valence-corrected chi connectivity index (χ1v) is 9.27. The zero-order valence-corrected chi connectivity index (χ0v) is 15.0. The van der Waals surface area contributed by atoms with Gasteiger partial charge in [0, 0.05) is 26.3 Å². The number of sulfonamides is 1. The normalized spacial score (nSPS) is 11.1. The van der Waals surface area contributed by atoms with Gasteiger partial charge in [-0.15, -0.1) is 0 Å². The number of hydrogen-bond acceptors (Lipinski definition) is 5. The fourth-order valence-electron chi connectivity index (χ4n) is 2.34. The monoisotopic (exact) mass is 363 g/mol. The van der Waals surface area contributed by atoms with Gasteiger partial charge in [0.05, 0.1) is 12.1 Å². The standard InChI is InChI=1S/C17H21N3O4S/c1-3-20(14-7-5-4-6-8-14)25(23,24)15-9-10-16(18-13-15)19(2)12-11-17(21)22/h4-10,13H,3,11-12H2,1-2H3,(H,21,22). The fourth-order valence-corrected chi connectivity index (χ4v) is 3.76. The van der Waals surface area contributed by atoms with Crippen LogP contribution in [-0.4, -0.2) is 44.6 Å². The lowest BCUT2D eigenvalue weighted by Gasteiger charge is -2.23. The van der Waals surface area contributed by atoms with E-state index in [1.165, 1.54) is 16.6 Å². The molecule has 0 unspecified atom stereocenters. The SMILES string of the molecule is CCN(c1ccccc1)S(=O)(=O)c1ccc(N(C)CCC(=O)O)nc1. The molecule has 0 aliphatic rings. The second kappa shape index (κ2) is 7.98. The van der Waals surface area contributed by atoms with E-state index in [9.17, 15) is 13.2 Å². The molecule has 8 heteroatoms. The van der Waals surface area contributed by atoms with E-state index in [1.54, 1.807) is 49.2 Å². The van der Waals surface area contributed by atoms with Gasteiger partial charge in [-0.1, -0.05) is 18.2 Å². The maximum absolute atomic E-state index is 12.9. The van der Waals surface area contributed by atoms with E-state index < -0.39 is 16.0 Å². The van der Waals surface area contributed by atoms with Gasteiger partial charge in [0.2, 0.25) is 0 Å². The summed E-state index contributed by atoms with van der Waals surface area (Å²) in [7, 11) is -2.00. The minimum absolute atomic E-state index is 0.0180. The predicted octanol–water partition coefficient (Wildman–Crippen LogP) is 2.21. The van der Waals surface area contributed by atoms with Crippen molar-refractivity contribution in [2.75, 3.05) is 29.3 Å². The number of nitrogens with zero attached hydrogens (tertiary/aromatic N) is 3. The Bertz CT molecular complexity index is 808. The van der Waals surface area contributed by atoms with E-state index in [0.717, 1.165) is 0 Å². The zero-order valence-electron chi connectivity index (χ0n) is 14.2. The highest BCUT2D eigenvalue weighted by atomic mass is 32.2. The van der Waals surface area contributed by atoms with Crippen LogP contribution in [0.3, 0.4) is 0 Å². The largest absolute Gasteiger partial charge is 0.481 e. The molecule has 0 amide bonds. The summed E-state index contributed by atoms with van der Waals surface area (Å²) in [5, 5.41) is 8.72. The van der Waals surface area contributed by atoms with Crippen LogP contribution in [0, 0.1) is 0 Å². The Hall–Kier alpha value is -2.61. The number of hydrogen-bond donors (Lipinski definition) is 1. The molecule has 2 aromatic rings. The highest BCUT2D eigenvalue weighted by Gasteiger charge is 2.24. The molecule has 0 saturated heterocycles. The molecule has 0 fully saturated rings.